The van der Waals surface area contributed by atoms with Gasteiger partial charge in [0, 0.05) is 6.07 Å². The van der Waals surface area contributed by atoms with E-state index < -0.39 is 23.6 Å². The molecule has 0 bridgehead atoms. The molecule has 0 atom stereocenters. The number of anilines is 1. The van der Waals surface area contributed by atoms with E-state index in [0.717, 1.165) is 12.1 Å². The second-order valence-corrected chi connectivity index (χ2v) is 2.71. The zero-order chi connectivity index (χ0) is 12.3. The van der Waals surface area contributed by atoms with Crippen molar-refractivity contribution in [2.24, 2.45) is 5.84 Å². The van der Waals surface area contributed by atoms with Gasteiger partial charge in [0.1, 0.15) is 11.3 Å². The van der Waals surface area contributed by atoms with Crippen molar-refractivity contribution in [3.63, 3.8) is 0 Å². The van der Waals surface area contributed by atoms with E-state index >= 15 is 0 Å². The minimum absolute atomic E-state index is 0.101. The summed E-state index contributed by atoms with van der Waals surface area (Å²) in [6, 6.07) is 3.02. The Morgan fingerprint density at radius 1 is 1.44 bits per heavy atom. The summed E-state index contributed by atoms with van der Waals surface area (Å²) < 4.78 is 39.4. The lowest BCUT2D eigenvalue weighted by atomic mass is 10.2. The maximum atomic E-state index is 12.0. The number of nitrogen functional groups attached to an aromatic ring is 1. The van der Waals surface area contributed by atoms with Crippen LogP contribution in [0.3, 0.4) is 0 Å². The largest absolute Gasteiger partial charge is 0.573 e. The summed E-state index contributed by atoms with van der Waals surface area (Å²) in [5.74, 6) is 2.63. The van der Waals surface area contributed by atoms with E-state index in [1.165, 1.54) is 6.07 Å². The smallest absolute Gasteiger partial charge is 0.478 e. The van der Waals surface area contributed by atoms with Gasteiger partial charge in [-0.3, -0.25) is 5.84 Å². The lowest BCUT2D eigenvalue weighted by molar-refractivity contribution is -0.274. The summed E-state index contributed by atoms with van der Waals surface area (Å²) >= 11 is 0. The Morgan fingerprint density at radius 3 is 2.50 bits per heavy atom. The predicted molar refractivity (Wildman–Crippen MR) is 47.9 cm³/mol. The fraction of sp³-hybridized carbons (Fsp3) is 0.125. The van der Waals surface area contributed by atoms with E-state index in [9.17, 15) is 18.0 Å². The Morgan fingerprint density at radius 2 is 2.06 bits per heavy atom. The van der Waals surface area contributed by atoms with Crippen LogP contribution in [0.2, 0.25) is 0 Å². The SMILES string of the molecule is NNc1ccc(C(=O)O)c(OC(F)(F)F)c1. The lowest BCUT2D eigenvalue weighted by Gasteiger charge is -2.12. The van der Waals surface area contributed by atoms with Gasteiger partial charge in [-0.15, -0.1) is 13.2 Å². The number of carboxylic acid groups (broad SMARTS) is 1. The third-order valence-electron chi connectivity index (χ3n) is 1.60. The van der Waals surface area contributed by atoms with Crippen LogP contribution in [-0.2, 0) is 0 Å². The summed E-state index contributed by atoms with van der Waals surface area (Å²) in [4.78, 5) is 10.6. The highest BCUT2D eigenvalue weighted by molar-refractivity contribution is 5.91. The molecule has 0 saturated carbocycles. The number of carboxylic acids is 1. The van der Waals surface area contributed by atoms with Gasteiger partial charge < -0.3 is 15.3 Å². The maximum Gasteiger partial charge on any atom is 0.573 e. The molecule has 0 fully saturated rings. The molecular weight excluding hydrogens is 229 g/mol. The number of rotatable bonds is 3. The van der Waals surface area contributed by atoms with Gasteiger partial charge in [-0.25, -0.2) is 4.79 Å². The Labute approximate surface area is 87.6 Å². The molecule has 16 heavy (non-hydrogen) atoms. The number of ether oxygens (including phenoxy) is 1. The van der Waals surface area contributed by atoms with Gasteiger partial charge in [0.05, 0.1) is 5.69 Å². The number of alkyl halides is 3. The van der Waals surface area contributed by atoms with Gasteiger partial charge >= 0.3 is 12.3 Å². The number of hydrogen-bond donors (Lipinski definition) is 3. The van der Waals surface area contributed by atoms with E-state index in [1.54, 1.807) is 0 Å². The van der Waals surface area contributed by atoms with Crippen LogP contribution in [-0.4, -0.2) is 17.4 Å². The van der Waals surface area contributed by atoms with Crippen LogP contribution in [0.15, 0.2) is 18.2 Å². The summed E-state index contributed by atoms with van der Waals surface area (Å²) in [6.07, 6.45) is -4.96. The zero-order valence-electron chi connectivity index (χ0n) is 7.71. The third kappa shape index (κ3) is 3.02. The molecule has 1 aromatic rings. The molecule has 0 aliphatic heterocycles. The van der Waals surface area contributed by atoms with E-state index in [0.29, 0.717) is 0 Å². The Hall–Kier alpha value is -1.96. The Balaban J connectivity index is 3.15. The van der Waals surface area contributed by atoms with E-state index in [4.69, 9.17) is 10.9 Å². The van der Waals surface area contributed by atoms with Crippen molar-refractivity contribution in [2.45, 2.75) is 6.36 Å². The van der Waals surface area contributed by atoms with Crippen molar-refractivity contribution in [3.05, 3.63) is 23.8 Å². The average molecular weight is 236 g/mol. The molecule has 8 heteroatoms. The van der Waals surface area contributed by atoms with Gasteiger partial charge in [0.2, 0.25) is 0 Å². The minimum Gasteiger partial charge on any atom is -0.478 e. The van der Waals surface area contributed by atoms with Crippen molar-refractivity contribution < 1.29 is 27.8 Å². The monoisotopic (exact) mass is 236 g/mol. The summed E-state index contributed by atoms with van der Waals surface area (Å²) in [6.45, 7) is 0. The molecule has 0 aliphatic rings. The molecule has 0 aromatic heterocycles. The Bertz CT molecular complexity index is 406. The van der Waals surface area contributed by atoms with E-state index in [2.05, 4.69) is 10.2 Å². The van der Waals surface area contributed by atoms with Crippen LogP contribution < -0.4 is 16.0 Å². The Kier molecular flexibility index (Phi) is 3.23. The number of hydrogen-bond acceptors (Lipinski definition) is 4. The van der Waals surface area contributed by atoms with Crippen LogP contribution in [0.25, 0.3) is 0 Å². The van der Waals surface area contributed by atoms with Crippen molar-refractivity contribution in [1.29, 1.82) is 0 Å². The molecule has 0 radical (unpaired) electrons. The van der Waals surface area contributed by atoms with Gasteiger partial charge in [-0.05, 0) is 12.1 Å². The molecule has 4 N–H and O–H groups in total. The van der Waals surface area contributed by atoms with Gasteiger partial charge in [0.25, 0.3) is 0 Å². The molecule has 1 aromatic carbocycles. The van der Waals surface area contributed by atoms with Gasteiger partial charge in [-0.2, -0.15) is 0 Å². The molecule has 88 valence electrons. The topological polar surface area (TPSA) is 84.6 Å². The molecule has 0 spiro atoms. The molecule has 0 heterocycles. The van der Waals surface area contributed by atoms with Crippen molar-refractivity contribution >= 4 is 11.7 Å². The van der Waals surface area contributed by atoms with Crippen molar-refractivity contribution in [2.75, 3.05) is 5.43 Å². The molecule has 0 saturated heterocycles. The first-order chi connectivity index (χ1) is 7.33. The van der Waals surface area contributed by atoms with Crippen LogP contribution in [0, 0.1) is 0 Å². The number of hydrazine groups is 1. The van der Waals surface area contributed by atoms with Crippen LogP contribution in [0.1, 0.15) is 10.4 Å². The third-order valence-corrected chi connectivity index (χ3v) is 1.60. The molecule has 1 rings (SSSR count). The lowest BCUT2D eigenvalue weighted by Crippen LogP contribution is -2.19. The normalized spacial score (nSPS) is 11.0. The number of halogens is 3. The quantitative estimate of drug-likeness (QED) is 0.548. The van der Waals surface area contributed by atoms with Crippen LogP contribution >= 0.6 is 0 Å². The summed E-state index contributed by atoms with van der Waals surface area (Å²) in [5.41, 5.74) is 1.58. The first kappa shape index (κ1) is 12.1. The standard InChI is InChI=1S/C8H7F3N2O3/c9-8(10,11)16-6-3-4(13-12)1-2-5(6)7(14)15/h1-3,13H,12H2,(H,14,15). The van der Waals surface area contributed by atoms with E-state index in [-0.39, 0.29) is 5.69 Å². The minimum atomic E-state index is -4.96. The molecule has 5 nitrogen and oxygen atoms in total. The average Bonchev–Trinajstić information content (AvgIpc) is 2.14. The highest BCUT2D eigenvalue weighted by atomic mass is 19.4. The first-order valence-corrected chi connectivity index (χ1v) is 3.93. The summed E-state index contributed by atoms with van der Waals surface area (Å²) in [7, 11) is 0. The fourth-order valence-electron chi connectivity index (χ4n) is 0.998. The second kappa shape index (κ2) is 4.27. The first-order valence-electron chi connectivity index (χ1n) is 3.93. The predicted octanol–water partition coefficient (Wildman–Crippen LogP) is 1.57. The zero-order valence-corrected chi connectivity index (χ0v) is 7.71. The number of benzene rings is 1. The highest BCUT2D eigenvalue weighted by Gasteiger charge is 2.33. The van der Waals surface area contributed by atoms with Gasteiger partial charge in [-0.1, -0.05) is 0 Å². The van der Waals surface area contributed by atoms with Crippen molar-refractivity contribution in [3.8, 4) is 5.75 Å². The maximum absolute atomic E-state index is 12.0. The number of aromatic carboxylic acids is 1. The second-order valence-electron chi connectivity index (χ2n) is 2.71. The van der Waals surface area contributed by atoms with Gasteiger partial charge in [0.15, 0.2) is 0 Å². The van der Waals surface area contributed by atoms with Crippen LogP contribution in [0.5, 0.6) is 5.75 Å². The van der Waals surface area contributed by atoms with E-state index in [1.807, 2.05) is 0 Å². The molecule has 0 aliphatic carbocycles. The fourth-order valence-corrected chi connectivity index (χ4v) is 0.998. The summed E-state index contributed by atoms with van der Waals surface area (Å²) in [5, 5.41) is 8.63. The molecule has 0 amide bonds. The van der Waals surface area contributed by atoms with Crippen molar-refractivity contribution in [1.82, 2.24) is 0 Å². The molecular formula is C8H7F3N2O3. The number of nitrogens with two attached hydrogens (primary N) is 1. The van der Waals surface area contributed by atoms with Crippen LogP contribution in [0.4, 0.5) is 18.9 Å². The highest BCUT2D eigenvalue weighted by Crippen LogP contribution is 2.28. The number of nitrogens with one attached hydrogen (secondary N) is 1. The molecule has 0 unspecified atom stereocenters. The number of carbonyl (C=O) groups is 1.